The lowest BCUT2D eigenvalue weighted by atomic mass is 10.1. The van der Waals surface area contributed by atoms with Gasteiger partial charge in [-0.25, -0.2) is 4.79 Å². The minimum absolute atomic E-state index is 0.178. The minimum Gasteiger partial charge on any atom is -0.453 e. The van der Waals surface area contributed by atoms with Crippen LogP contribution in [-0.4, -0.2) is 52.7 Å². The Hall–Kier alpha value is -2.75. The number of thiophene rings is 1. The van der Waals surface area contributed by atoms with E-state index in [1.165, 1.54) is 39.0 Å². The molecule has 2 N–H and O–H groups in total. The minimum atomic E-state index is -1.08. The van der Waals surface area contributed by atoms with Crippen LogP contribution in [-0.2, 0) is 25.7 Å². The predicted molar refractivity (Wildman–Crippen MR) is 96.0 cm³/mol. The van der Waals surface area contributed by atoms with Crippen molar-refractivity contribution in [2.75, 3.05) is 6.54 Å². The molecule has 1 aromatic rings. The monoisotopic (exact) mass is 395 g/mol. The molecular formula is C17H21N3O6S. The van der Waals surface area contributed by atoms with E-state index >= 15 is 0 Å². The van der Waals surface area contributed by atoms with E-state index < -0.39 is 41.9 Å². The number of nitrogens with zero attached hydrogens (tertiary/aromatic N) is 1. The zero-order valence-electron chi connectivity index (χ0n) is 15.5. The molecule has 0 radical (unpaired) electrons. The van der Waals surface area contributed by atoms with Crippen LogP contribution in [0, 0.1) is 0 Å². The van der Waals surface area contributed by atoms with Gasteiger partial charge in [0.25, 0.3) is 5.91 Å². The molecule has 0 saturated carbocycles. The number of carbonyl (C=O) groups is 5. The van der Waals surface area contributed by atoms with Gasteiger partial charge in [0.1, 0.15) is 12.1 Å². The Morgan fingerprint density at radius 2 is 1.96 bits per heavy atom. The molecular weight excluding hydrogens is 374 g/mol. The summed E-state index contributed by atoms with van der Waals surface area (Å²) in [4.78, 5) is 61.1. The van der Waals surface area contributed by atoms with Crippen molar-refractivity contribution in [3.05, 3.63) is 21.9 Å². The van der Waals surface area contributed by atoms with Gasteiger partial charge in [0, 0.05) is 11.8 Å². The van der Waals surface area contributed by atoms with Gasteiger partial charge >= 0.3 is 12.0 Å². The molecule has 1 saturated heterocycles. The predicted octanol–water partition coefficient (Wildman–Crippen LogP) is 0.829. The van der Waals surface area contributed by atoms with Crippen molar-refractivity contribution in [3.63, 3.8) is 0 Å². The average Bonchev–Trinajstić information content (AvgIpc) is 3.11. The highest BCUT2D eigenvalue weighted by Crippen LogP contribution is 2.20. The number of imide groups is 1. The highest BCUT2D eigenvalue weighted by Gasteiger charge is 2.45. The van der Waals surface area contributed by atoms with E-state index in [-0.39, 0.29) is 5.91 Å². The average molecular weight is 395 g/mol. The molecule has 9 nitrogen and oxygen atoms in total. The molecule has 1 fully saturated rings. The lowest BCUT2D eigenvalue weighted by Crippen LogP contribution is -2.41. The van der Waals surface area contributed by atoms with Crippen molar-refractivity contribution in [3.8, 4) is 0 Å². The van der Waals surface area contributed by atoms with Crippen molar-refractivity contribution >= 4 is 40.9 Å². The fourth-order valence-electron chi connectivity index (χ4n) is 2.40. The molecule has 1 atom stereocenters. The number of hydrogen-bond donors (Lipinski definition) is 2. The normalized spacial score (nSPS) is 16.7. The van der Waals surface area contributed by atoms with Crippen LogP contribution in [0.2, 0.25) is 0 Å². The molecule has 0 bridgehead atoms. The number of amides is 4. The SMILES string of the molecule is CC(=O)NCc1ccc(C(=O)[C@H](C)OC(=O)CN2C(=O)NC(C)(C)C2=O)s1. The van der Waals surface area contributed by atoms with E-state index in [1.54, 1.807) is 12.1 Å². The zero-order valence-corrected chi connectivity index (χ0v) is 16.3. The quantitative estimate of drug-likeness (QED) is 0.401. The van der Waals surface area contributed by atoms with Crippen LogP contribution < -0.4 is 10.6 Å². The summed E-state index contributed by atoms with van der Waals surface area (Å²) >= 11 is 1.19. The summed E-state index contributed by atoms with van der Waals surface area (Å²) in [7, 11) is 0. The van der Waals surface area contributed by atoms with E-state index in [0.717, 1.165) is 9.78 Å². The summed E-state index contributed by atoms with van der Waals surface area (Å²) in [5.74, 6) is -1.97. The highest BCUT2D eigenvalue weighted by atomic mass is 32.1. The van der Waals surface area contributed by atoms with Gasteiger partial charge in [-0.2, -0.15) is 0 Å². The third kappa shape index (κ3) is 4.91. The summed E-state index contributed by atoms with van der Waals surface area (Å²) < 4.78 is 5.08. The molecule has 0 spiro atoms. The van der Waals surface area contributed by atoms with Gasteiger partial charge in [0.15, 0.2) is 6.10 Å². The van der Waals surface area contributed by atoms with E-state index in [2.05, 4.69) is 10.6 Å². The first kappa shape index (κ1) is 20.6. The standard InChI is InChI=1S/C17H21N3O6S/c1-9(14(23)12-6-5-11(27-12)7-18-10(2)21)26-13(22)8-20-15(24)17(3,4)19-16(20)25/h5-6,9H,7-8H2,1-4H3,(H,18,21)(H,19,25)/t9-/m0/s1. The van der Waals surface area contributed by atoms with Gasteiger partial charge in [-0.05, 0) is 32.9 Å². The number of carbonyl (C=O) groups excluding carboxylic acids is 5. The second-order valence-electron chi connectivity index (χ2n) is 6.62. The van der Waals surface area contributed by atoms with Gasteiger partial charge in [-0.1, -0.05) is 0 Å². The third-order valence-corrected chi connectivity index (χ3v) is 4.92. The van der Waals surface area contributed by atoms with Crippen LogP contribution in [0.3, 0.4) is 0 Å². The van der Waals surface area contributed by atoms with Gasteiger partial charge in [0.2, 0.25) is 11.7 Å². The van der Waals surface area contributed by atoms with Crippen LogP contribution in [0.5, 0.6) is 0 Å². The molecule has 4 amide bonds. The Morgan fingerprint density at radius 1 is 1.30 bits per heavy atom. The summed E-state index contributed by atoms with van der Waals surface area (Å²) in [6, 6.07) is 2.62. The first-order valence-electron chi connectivity index (χ1n) is 8.22. The van der Waals surface area contributed by atoms with Crippen LogP contribution >= 0.6 is 11.3 Å². The lowest BCUT2D eigenvalue weighted by molar-refractivity contribution is -0.149. The van der Waals surface area contributed by atoms with Crippen LogP contribution in [0.1, 0.15) is 42.2 Å². The Balaban J connectivity index is 1.92. The number of Topliss-reactive ketones (excluding diaryl/α,β-unsaturated/α-hetero) is 1. The maximum Gasteiger partial charge on any atom is 0.326 e. The summed E-state index contributed by atoms with van der Waals surface area (Å²) in [6.45, 7) is 5.62. The summed E-state index contributed by atoms with van der Waals surface area (Å²) in [5, 5.41) is 5.09. The first-order chi connectivity index (χ1) is 12.5. The lowest BCUT2D eigenvalue weighted by Gasteiger charge is -2.16. The number of hydrogen-bond acceptors (Lipinski definition) is 7. The Morgan fingerprint density at radius 3 is 2.52 bits per heavy atom. The van der Waals surface area contributed by atoms with Crippen molar-refractivity contribution in [1.82, 2.24) is 15.5 Å². The third-order valence-electron chi connectivity index (χ3n) is 3.83. The van der Waals surface area contributed by atoms with E-state index in [0.29, 0.717) is 11.4 Å². The first-order valence-corrected chi connectivity index (χ1v) is 9.04. The van der Waals surface area contributed by atoms with Crippen molar-refractivity contribution in [2.24, 2.45) is 0 Å². The zero-order chi connectivity index (χ0) is 20.4. The molecule has 146 valence electrons. The molecule has 1 aliphatic heterocycles. The number of rotatable bonds is 7. The fraction of sp³-hybridized carbons (Fsp3) is 0.471. The summed E-state index contributed by atoms with van der Waals surface area (Å²) in [5.41, 5.74) is -1.08. The van der Waals surface area contributed by atoms with E-state index in [9.17, 15) is 24.0 Å². The second-order valence-corrected chi connectivity index (χ2v) is 7.79. The van der Waals surface area contributed by atoms with Gasteiger partial charge in [0.05, 0.1) is 11.4 Å². The smallest absolute Gasteiger partial charge is 0.326 e. The molecule has 1 aliphatic rings. The van der Waals surface area contributed by atoms with Crippen LogP contribution in [0.25, 0.3) is 0 Å². The van der Waals surface area contributed by atoms with E-state index in [1.807, 2.05) is 0 Å². The molecule has 0 aliphatic carbocycles. The fourth-order valence-corrected chi connectivity index (χ4v) is 3.36. The summed E-state index contributed by atoms with van der Waals surface area (Å²) in [6.07, 6.45) is -1.07. The van der Waals surface area contributed by atoms with Crippen LogP contribution in [0.4, 0.5) is 4.79 Å². The number of ether oxygens (including phenoxy) is 1. The van der Waals surface area contributed by atoms with E-state index in [4.69, 9.17) is 4.74 Å². The van der Waals surface area contributed by atoms with Crippen molar-refractivity contribution in [1.29, 1.82) is 0 Å². The largest absolute Gasteiger partial charge is 0.453 e. The Kier molecular flexibility index (Phi) is 5.99. The number of urea groups is 1. The topological polar surface area (TPSA) is 122 Å². The van der Waals surface area contributed by atoms with Crippen LogP contribution in [0.15, 0.2) is 12.1 Å². The molecule has 2 rings (SSSR count). The molecule has 0 aromatic carbocycles. The maximum atomic E-state index is 12.4. The highest BCUT2D eigenvalue weighted by molar-refractivity contribution is 7.14. The molecule has 10 heteroatoms. The Bertz CT molecular complexity index is 800. The molecule has 0 unspecified atom stereocenters. The second kappa shape index (κ2) is 7.87. The van der Waals surface area contributed by atoms with Gasteiger partial charge < -0.3 is 15.4 Å². The molecule has 27 heavy (non-hydrogen) atoms. The van der Waals surface area contributed by atoms with Crippen molar-refractivity contribution in [2.45, 2.75) is 45.9 Å². The Labute approximate surface area is 160 Å². The van der Waals surface area contributed by atoms with Gasteiger partial charge in [-0.15, -0.1) is 11.3 Å². The maximum absolute atomic E-state index is 12.4. The molecule has 1 aromatic heterocycles. The molecule has 2 heterocycles. The number of esters is 1. The number of ketones is 1. The number of nitrogens with one attached hydrogen (secondary N) is 2. The van der Waals surface area contributed by atoms with Crippen molar-refractivity contribution < 1.29 is 28.7 Å². The van der Waals surface area contributed by atoms with Gasteiger partial charge in [-0.3, -0.25) is 24.1 Å².